The number of aromatic nitrogens is 2. The maximum absolute atomic E-state index is 13.2. The van der Waals surface area contributed by atoms with Crippen LogP contribution < -0.4 is 0 Å². The Kier molecular flexibility index (Phi) is 2.57. The van der Waals surface area contributed by atoms with E-state index in [1.807, 2.05) is 0 Å². The van der Waals surface area contributed by atoms with Gasteiger partial charge in [0, 0.05) is 7.05 Å². The van der Waals surface area contributed by atoms with Crippen molar-refractivity contribution in [2.45, 2.75) is 18.4 Å². The first-order valence-electron chi connectivity index (χ1n) is 5.71. The fraction of sp³-hybridized carbons (Fsp3) is 0.308. The molecule has 1 aromatic heterocycles. The minimum absolute atomic E-state index is 0.262. The molecule has 1 N–H and O–H groups in total. The normalized spacial score (nSPS) is 22.2. The monoisotopic (exact) mass is 310 g/mol. The van der Waals surface area contributed by atoms with Gasteiger partial charge in [0.25, 0.3) is 0 Å². The lowest BCUT2D eigenvalue weighted by atomic mass is 9.92. The number of hydrogen-bond donors (Lipinski definition) is 1. The van der Waals surface area contributed by atoms with Gasteiger partial charge in [-0.3, -0.25) is 4.68 Å². The number of halogens is 2. The molecule has 0 aliphatic heterocycles. The summed E-state index contributed by atoms with van der Waals surface area (Å²) in [6.45, 7) is 0. The van der Waals surface area contributed by atoms with Crippen LogP contribution in [-0.2, 0) is 19.1 Å². The second kappa shape index (κ2) is 3.90. The third-order valence-electron chi connectivity index (χ3n) is 3.55. The van der Waals surface area contributed by atoms with Gasteiger partial charge < -0.3 is 5.11 Å². The van der Waals surface area contributed by atoms with Crippen molar-refractivity contribution >= 4 is 15.9 Å². The SMILES string of the molecule is Cn1ncc(Br)c1C1(O)CCc2cc(F)ccc21. The third-order valence-corrected chi connectivity index (χ3v) is 4.14. The molecule has 0 bridgehead atoms. The van der Waals surface area contributed by atoms with Gasteiger partial charge >= 0.3 is 0 Å². The first kappa shape index (κ1) is 11.9. The summed E-state index contributed by atoms with van der Waals surface area (Å²) >= 11 is 3.41. The van der Waals surface area contributed by atoms with Crippen LogP contribution in [0.3, 0.4) is 0 Å². The molecule has 0 fully saturated rings. The number of hydrogen-bond acceptors (Lipinski definition) is 2. The van der Waals surface area contributed by atoms with Crippen LogP contribution in [0.2, 0.25) is 0 Å². The van der Waals surface area contributed by atoms with Gasteiger partial charge in [0.15, 0.2) is 0 Å². The molecule has 0 saturated heterocycles. The van der Waals surface area contributed by atoms with E-state index in [1.165, 1.54) is 12.1 Å². The van der Waals surface area contributed by atoms with E-state index >= 15 is 0 Å². The van der Waals surface area contributed by atoms with Crippen LogP contribution in [-0.4, -0.2) is 14.9 Å². The molecule has 0 spiro atoms. The number of rotatable bonds is 1. The maximum Gasteiger partial charge on any atom is 0.133 e. The van der Waals surface area contributed by atoms with Gasteiger partial charge in [-0.1, -0.05) is 6.07 Å². The summed E-state index contributed by atoms with van der Waals surface area (Å²) in [7, 11) is 1.79. The molecule has 0 saturated carbocycles. The van der Waals surface area contributed by atoms with Gasteiger partial charge in [0.1, 0.15) is 11.4 Å². The molecular weight excluding hydrogens is 299 g/mol. The van der Waals surface area contributed by atoms with E-state index in [4.69, 9.17) is 0 Å². The Bertz CT molecular complexity index is 606. The van der Waals surface area contributed by atoms with Crippen molar-refractivity contribution in [3.05, 3.63) is 51.5 Å². The van der Waals surface area contributed by atoms with Gasteiger partial charge in [0.05, 0.1) is 16.4 Å². The van der Waals surface area contributed by atoms with Crippen molar-refractivity contribution in [2.24, 2.45) is 7.05 Å². The molecule has 1 unspecified atom stereocenters. The Balaban J connectivity index is 2.20. The Labute approximate surface area is 112 Å². The molecule has 2 aromatic rings. The average molecular weight is 311 g/mol. The number of nitrogens with zero attached hydrogens (tertiary/aromatic N) is 2. The van der Waals surface area contributed by atoms with E-state index in [0.717, 1.165) is 15.6 Å². The molecule has 1 heterocycles. The zero-order chi connectivity index (χ0) is 12.9. The third kappa shape index (κ3) is 1.54. The molecule has 3 rings (SSSR count). The van der Waals surface area contributed by atoms with Crippen LogP contribution in [0.4, 0.5) is 4.39 Å². The summed E-state index contributed by atoms with van der Waals surface area (Å²) in [4.78, 5) is 0. The summed E-state index contributed by atoms with van der Waals surface area (Å²) in [6.07, 6.45) is 2.87. The smallest absolute Gasteiger partial charge is 0.133 e. The molecule has 1 aromatic carbocycles. The van der Waals surface area contributed by atoms with Crippen LogP contribution >= 0.6 is 15.9 Å². The molecule has 94 valence electrons. The lowest BCUT2D eigenvalue weighted by Crippen LogP contribution is -2.27. The van der Waals surface area contributed by atoms with Crippen molar-refractivity contribution in [1.29, 1.82) is 0 Å². The quantitative estimate of drug-likeness (QED) is 0.879. The Morgan fingerprint density at radius 2 is 2.28 bits per heavy atom. The van der Waals surface area contributed by atoms with Crippen LogP contribution in [0.1, 0.15) is 23.2 Å². The van der Waals surface area contributed by atoms with Crippen molar-refractivity contribution < 1.29 is 9.50 Å². The first-order valence-corrected chi connectivity index (χ1v) is 6.51. The van der Waals surface area contributed by atoms with Crippen LogP contribution in [0.5, 0.6) is 0 Å². The highest BCUT2D eigenvalue weighted by Gasteiger charge is 2.42. The lowest BCUT2D eigenvalue weighted by Gasteiger charge is -2.25. The molecule has 1 atom stereocenters. The summed E-state index contributed by atoms with van der Waals surface area (Å²) in [5.41, 5.74) is 1.26. The number of fused-ring (bicyclic) bond motifs is 1. The van der Waals surface area contributed by atoms with E-state index in [1.54, 1.807) is 24.0 Å². The number of aryl methyl sites for hydroxylation is 2. The average Bonchev–Trinajstić information content (AvgIpc) is 2.81. The molecule has 5 heteroatoms. The van der Waals surface area contributed by atoms with E-state index < -0.39 is 5.60 Å². The highest BCUT2D eigenvalue weighted by molar-refractivity contribution is 9.10. The van der Waals surface area contributed by atoms with Crippen molar-refractivity contribution in [3.8, 4) is 0 Å². The Morgan fingerprint density at radius 3 is 2.94 bits per heavy atom. The highest BCUT2D eigenvalue weighted by Crippen LogP contribution is 2.44. The molecule has 3 nitrogen and oxygen atoms in total. The summed E-state index contributed by atoms with van der Waals surface area (Å²) < 4.78 is 15.6. The summed E-state index contributed by atoms with van der Waals surface area (Å²) in [5, 5.41) is 15.1. The standard InChI is InChI=1S/C13H12BrFN2O/c1-17-12(11(14)7-16-17)13(18)5-4-8-6-9(15)2-3-10(8)13/h2-3,6-7,18H,4-5H2,1H3. The van der Waals surface area contributed by atoms with Gasteiger partial charge in [-0.05, 0) is 52.0 Å². The van der Waals surface area contributed by atoms with E-state index in [-0.39, 0.29) is 5.82 Å². The van der Waals surface area contributed by atoms with Gasteiger partial charge in [-0.15, -0.1) is 0 Å². The summed E-state index contributed by atoms with van der Waals surface area (Å²) in [5.74, 6) is -0.262. The van der Waals surface area contributed by atoms with Crippen molar-refractivity contribution in [1.82, 2.24) is 9.78 Å². The fourth-order valence-electron chi connectivity index (χ4n) is 2.74. The van der Waals surface area contributed by atoms with Crippen LogP contribution in [0.25, 0.3) is 0 Å². The van der Waals surface area contributed by atoms with E-state index in [0.29, 0.717) is 18.5 Å². The topological polar surface area (TPSA) is 38.0 Å². The molecule has 1 aliphatic rings. The summed E-state index contributed by atoms with van der Waals surface area (Å²) in [6, 6.07) is 4.55. The second-order valence-electron chi connectivity index (χ2n) is 4.63. The van der Waals surface area contributed by atoms with Crippen molar-refractivity contribution in [3.63, 3.8) is 0 Å². The molecule has 0 amide bonds. The zero-order valence-electron chi connectivity index (χ0n) is 9.82. The lowest BCUT2D eigenvalue weighted by molar-refractivity contribution is 0.0732. The number of benzene rings is 1. The van der Waals surface area contributed by atoms with Gasteiger partial charge in [0.2, 0.25) is 0 Å². The second-order valence-corrected chi connectivity index (χ2v) is 5.48. The van der Waals surface area contributed by atoms with Gasteiger partial charge in [-0.2, -0.15) is 5.10 Å². The molecule has 1 aliphatic carbocycles. The number of aliphatic hydroxyl groups is 1. The Hall–Kier alpha value is -1.20. The van der Waals surface area contributed by atoms with Crippen molar-refractivity contribution in [2.75, 3.05) is 0 Å². The zero-order valence-corrected chi connectivity index (χ0v) is 11.4. The largest absolute Gasteiger partial charge is 0.379 e. The Morgan fingerprint density at radius 1 is 1.50 bits per heavy atom. The highest BCUT2D eigenvalue weighted by atomic mass is 79.9. The molecular formula is C13H12BrFN2O. The van der Waals surface area contributed by atoms with Gasteiger partial charge in [-0.25, -0.2) is 4.39 Å². The predicted octanol–water partition coefficient (Wildman–Crippen LogP) is 2.50. The predicted molar refractivity (Wildman–Crippen MR) is 68.6 cm³/mol. The molecule has 0 radical (unpaired) electrons. The minimum Gasteiger partial charge on any atom is -0.379 e. The fourth-order valence-corrected chi connectivity index (χ4v) is 3.42. The van der Waals surface area contributed by atoms with Crippen LogP contribution in [0.15, 0.2) is 28.9 Å². The van der Waals surface area contributed by atoms with E-state index in [2.05, 4.69) is 21.0 Å². The first-order chi connectivity index (χ1) is 8.52. The molecule has 18 heavy (non-hydrogen) atoms. The van der Waals surface area contributed by atoms with Crippen LogP contribution in [0, 0.1) is 5.82 Å². The maximum atomic E-state index is 13.2. The minimum atomic E-state index is -1.09. The van der Waals surface area contributed by atoms with E-state index in [9.17, 15) is 9.50 Å².